The van der Waals surface area contributed by atoms with Gasteiger partial charge in [0.1, 0.15) is 5.92 Å². The zero-order valence-electron chi connectivity index (χ0n) is 4.83. The van der Waals surface area contributed by atoms with Gasteiger partial charge in [0.05, 0.1) is 0 Å². The third kappa shape index (κ3) is 0.759. The summed E-state index contributed by atoms with van der Waals surface area (Å²) in [6, 6.07) is 0. The number of carbonyl (C=O) groups excluding carboxylic acids is 1. The van der Waals surface area contributed by atoms with Gasteiger partial charge in [0.15, 0.2) is 0 Å². The van der Waals surface area contributed by atoms with Crippen molar-refractivity contribution in [3.63, 3.8) is 0 Å². The Labute approximate surface area is 51.4 Å². The number of ether oxygens (including phenoxy) is 1. The van der Waals surface area contributed by atoms with Gasteiger partial charge in [-0.05, 0) is 6.92 Å². The number of carbonyl (C=O) groups is 2. The molecule has 0 unspecified atom stereocenters. The van der Waals surface area contributed by atoms with Gasteiger partial charge in [-0.25, -0.2) is 4.79 Å². The second kappa shape index (κ2) is 1.72. The number of cyclic esters (lactones) is 1. The predicted molar refractivity (Wildman–Crippen MR) is 26.7 cm³/mol. The zero-order valence-corrected chi connectivity index (χ0v) is 4.83. The van der Waals surface area contributed by atoms with Crippen molar-refractivity contribution in [3.05, 3.63) is 0 Å². The van der Waals surface area contributed by atoms with Crippen molar-refractivity contribution in [3.8, 4) is 0 Å². The largest absolute Gasteiger partial charge is 0.478 e. The van der Waals surface area contributed by atoms with Crippen LogP contribution in [0.4, 0.5) is 0 Å². The molecule has 1 fully saturated rings. The van der Waals surface area contributed by atoms with Crippen LogP contribution in [0, 0.1) is 5.92 Å². The zero-order chi connectivity index (χ0) is 7.02. The van der Waals surface area contributed by atoms with Crippen LogP contribution < -0.4 is 0 Å². The number of rotatable bonds is 1. The number of hydrogen-bond donors (Lipinski definition) is 1. The Bertz CT molecular complexity index is 162. The predicted octanol–water partition coefficient (Wildman–Crippen LogP) is -0.367. The lowest BCUT2D eigenvalue weighted by atomic mass is 10.00. The maximum Gasteiger partial charge on any atom is 0.345 e. The third-order valence-electron chi connectivity index (χ3n) is 1.31. The average molecular weight is 130 g/mol. The summed E-state index contributed by atoms with van der Waals surface area (Å²) < 4.78 is 4.27. The fourth-order valence-corrected chi connectivity index (χ4v) is 0.650. The van der Waals surface area contributed by atoms with Crippen molar-refractivity contribution >= 4 is 11.9 Å². The lowest BCUT2D eigenvalue weighted by Gasteiger charge is -2.28. The SMILES string of the molecule is C[C@@H]1C(=O)O[C@H]1C(=O)O. The van der Waals surface area contributed by atoms with Gasteiger partial charge in [0.2, 0.25) is 6.10 Å². The summed E-state index contributed by atoms with van der Waals surface area (Å²) in [7, 11) is 0. The topological polar surface area (TPSA) is 63.6 Å². The summed E-state index contributed by atoms with van der Waals surface area (Å²) in [5, 5.41) is 8.24. The van der Waals surface area contributed by atoms with E-state index in [9.17, 15) is 9.59 Å². The molecule has 9 heavy (non-hydrogen) atoms. The maximum absolute atomic E-state index is 10.3. The van der Waals surface area contributed by atoms with E-state index in [1.165, 1.54) is 6.92 Å². The molecular formula is C5H6O4. The van der Waals surface area contributed by atoms with Crippen LogP contribution in [0.1, 0.15) is 6.92 Å². The molecule has 0 aromatic carbocycles. The van der Waals surface area contributed by atoms with Gasteiger partial charge in [-0.3, -0.25) is 4.79 Å². The number of aliphatic carboxylic acids is 1. The highest BCUT2D eigenvalue weighted by molar-refractivity contribution is 5.90. The van der Waals surface area contributed by atoms with Gasteiger partial charge < -0.3 is 9.84 Å². The average Bonchev–Trinajstić information content (AvgIpc) is 1.81. The standard InChI is InChI=1S/C5H6O4/c1-2-3(4(6)7)9-5(2)8/h2-3H,1H3,(H,6,7)/t2-,3+/m0/s1. The minimum absolute atomic E-state index is 0.428. The van der Waals surface area contributed by atoms with Crippen LogP contribution in [0.25, 0.3) is 0 Å². The summed E-state index contributed by atoms with van der Waals surface area (Å²) in [4.78, 5) is 20.3. The lowest BCUT2D eigenvalue weighted by molar-refractivity contribution is -0.193. The van der Waals surface area contributed by atoms with E-state index < -0.39 is 24.0 Å². The van der Waals surface area contributed by atoms with Gasteiger partial charge in [-0.1, -0.05) is 0 Å². The van der Waals surface area contributed by atoms with Crippen LogP contribution in [-0.2, 0) is 14.3 Å². The Morgan fingerprint density at radius 1 is 1.78 bits per heavy atom. The van der Waals surface area contributed by atoms with Crippen molar-refractivity contribution < 1.29 is 19.4 Å². The molecule has 0 aromatic rings. The molecule has 0 radical (unpaired) electrons. The summed E-state index contributed by atoms with van der Waals surface area (Å²) in [5.41, 5.74) is 0. The van der Waals surface area contributed by atoms with Crippen molar-refractivity contribution in [1.29, 1.82) is 0 Å². The first kappa shape index (κ1) is 6.07. The van der Waals surface area contributed by atoms with Crippen LogP contribution in [0.15, 0.2) is 0 Å². The van der Waals surface area contributed by atoms with Gasteiger partial charge >= 0.3 is 11.9 Å². The number of carboxylic acids is 1. The lowest BCUT2D eigenvalue weighted by Crippen LogP contribution is -2.48. The molecular weight excluding hydrogens is 124 g/mol. The summed E-state index contributed by atoms with van der Waals surface area (Å²) in [6.45, 7) is 1.53. The number of esters is 1. The van der Waals surface area contributed by atoms with Gasteiger partial charge in [0, 0.05) is 0 Å². The molecule has 1 N–H and O–H groups in total. The fraction of sp³-hybridized carbons (Fsp3) is 0.600. The van der Waals surface area contributed by atoms with E-state index in [0.717, 1.165) is 0 Å². The highest BCUT2D eigenvalue weighted by Gasteiger charge is 2.43. The van der Waals surface area contributed by atoms with E-state index in [0.29, 0.717) is 0 Å². The van der Waals surface area contributed by atoms with Crippen LogP contribution in [0.3, 0.4) is 0 Å². The molecule has 2 atom stereocenters. The second-order valence-electron chi connectivity index (χ2n) is 1.98. The minimum Gasteiger partial charge on any atom is -0.478 e. The normalized spacial score (nSPS) is 32.8. The number of hydrogen-bond acceptors (Lipinski definition) is 3. The number of carboxylic acid groups (broad SMARTS) is 1. The molecule has 0 amide bonds. The molecule has 0 bridgehead atoms. The van der Waals surface area contributed by atoms with E-state index in [2.05, 4.69) is 4.74 Å². The Balaban J connectivity index is 2.51. The molecule has 1 saturated heterocycles. The quantitative estimate of drug-likeness (QED) is 0.492. The van der Waals surface area contributed by atoms with Crippen LogP contribution >= 0.6 is 0 Å². The molecule has 4 nitrogen and oxygen atoms in total. The summed E-state index contributed by atoms with van der Waals surface area (Å²) in [6.07, 6.45) is -0.905. The Hall–Kier alpha value is -1.06. The van der Waals surface area contributed by atoms with Crippen molar-refractivity contribution in [2.75, 3.05) is 0 Å². The van der Waals surface area contributed by atoms with Crippen molar-refractivity contribution in [1.82, 2.24) is 0 Å². The van der Waals surface area contributed by atoms with Gasteiger partial charge in [-0.2, -0.15) is 0 Å². The second-order valence-corrected chi connectivity index (χ2v) is 1.98. The third-order valence-corrected chi connectivity index (χ3v) is 1.31. The van der Waals surface area contributed by atoms with Gasteiger partial charge in [0.25, 0.3) is 0 Å². The molecule has 1 heterocycles. The molecule has 0 spiro atoms. The maximum atomic E-state index is 10.3. The summed E-state index contributed by atoms with van der Waals surface area (Å²) in [5.74, 6) is -1.97. The molecule has 0 aromatic heterocycles. The van der Waals surface area contributed by atoms with E-state index in [4.69, 9.17) is 5.11 Å². The molecule has 4 heteroatoms. The van der Waals surface area contributed by atoms with E-state index in [-0.39, 0.29) is 0 Å². The van der Waals surface area contributed by atoms with Crippen molar-refractivity contribution in [2.45, 2.75) is 13.0 Å². The molecule has 1 rings (SSSR count). The molecule has 50 valence electrons. The minimum atomic E-state index is -1.07. The smallest absolute Gasteiger partial charge is 0.345 e. The van der Waals surface area contributed by atoms with Gasteiger partial charge in [-0.15, -0.1) is 0 Å². The summed E-state index contributed by atoms with van der Waals surface area (Å²) >= 11 is 0. The van der Waals surface area contributed by atoms with E-state index in [1.807, 2.05) is 0 Å². The first-order valence-corrected chi connectivity index (χ1v) is 2.56. The fourth-order valence-electron chi connectivity index (χ4n) is 0.650. The van der Waals surface area contributed by atoms with Crippen molar-refractivity contribution in [2.24, 2.45) is 5.92 Å². The molecule has 0 aliphatic carbocycles. The molecule has 0 saturated carbocycles. The Morgan fingerprint density at radius 3 is 2.44 bits per heavy atom. The Kier molecular flexibility index (Phi) is 1.16. The monoisotopic (exact) mass is 130 g/mol. The van der Waals surface area contributed by atoms with Crippen LogP contribution in [0.5, 0.6) is 0 Å². The Morgan fingerprint density at radius 2 is 2.33 bits per heavy atom. The van der Waals surface area contributed by atoms with E-state index in [1.54, 1.807) is 0 Å². The van der Waals surface area contributed by atoms with E-state index >= 15 is 0 Å². The highest BCUT2D eigenvalue weighted by atomic mass is 16.6. The molecule has 1 aliphatic rings. The highest BCUT2D eigenvalue weighted by Crippen LogP contribution is 2.20. The van der Waals surface area contributed by atoms with Crippen LogP contribution in [0.2, 0.25) is 0 Å². The van der Waals surface area contributed by atoms with Crippen LogP contribution in [-0.4, -0.2) is 23.1 Å². The molecule has 1 aliphatic heterocycles. The first-order valence-electron chi connectivity index (χ1n) is 2.56. The first-order chi connectivity index (χ1) is 4.13.